The maximum absolute atomic E-state index is 14.3. The first-order valence-corrected chi connectivity index (χ1v) is 7.68. The van der Waals surface area contributed by atoms with Gasteiger partial charge in [0.1, 0.15) is 11.6 Å². The lowest BCUT2D eigenvalue weighted by Crippen LogP contribution is -2.24. The fourth-order valence-corrected chi connectivity index (χ4v) is 2.82. The van der Waals surface area contributed by atoms with E-state index >= 15 is 0 Å². The minimum absolute atomic E-state index is 0.139. The van der Waals surface area contributed by atoms with E-state index in [0.717, 1.165) is 16.7 Å². The van der Waals surface area contributed by atoms with Gasteiger partial charge in [0.2, 0.25) is 0 Å². The second-order valence-electron chi connectivity index (χ2n) is 5.14. The minimum Gasteiger partial charge on any atom is -0.306 e. The van der Waals surface area contributed by atoms with Gasteiger partial charge in [0.15, 0.2) is 0 Å². The summed E-state index contributed by atoms with van der Waals surface area (Å²) in [6.07, 6.45) is 0. The molecule has 21 heavy (non-hydrogen) atoms. The lowest BCUT2D eigenvalue weighted by atomic mass is 9.93. The summed E-state index contributed by atoms with van der Waals surface area (Å²) in [4.78, 5) is 0. The summed E-state index contributed by atoms with van der Waals surface area (Å²) in [7, 11) is 0. The van der Waals surface area contributed by atoms with Gasteiger partial charge < -0.3 is 5.32 Å². The maximum Gasteiger partial charge on any atom is 0.137 e. The smallest absolute Gasteiger partial charge is 0.137 e. The van der Waals surface area contributed by atoms with Crippen molar-refractivity contribution in [3.05, 3.63) is 68.7 Å². The standard InChI is InChI=1S/C17H18BrF2N/c1-4-21-17(12-6-5-10(2)7-11(12)3)13-8-16(20)14(18)9-15(13)19/h5-9,17,21H,4H2,1-3H3. The highest BCUT2D eigenvalue weighted by Gasteiger charge is 2.20. The van der Waals surface area contributed by atoms with Gasteiger partial charge in [-0.1, -0.05) is 30.7 Å². The van der Waals surface area contributed by atoms with Crippen molar-refractivity contribution in [1.82, 2.24) is 5.32 Å². The van der Waals surface area contributed by atoms with E-state index in [0.29, 0.717) is 12.1 Å². The molecule has 112 valence electrons. The topological polar surface area (TPSA) is 12.0 Å². The first kappa shape index (κ1) is 16.1. The highest BCUT2D eigenvalue weighted by molar-refractivity contribution is 9.10. The van der Waals surface area contributed by atoms with E-state index in [1.165, 1.54) is 12.1 Å². The molecule has 0 aliphatic carbocycles. The molecular formula is C17H18BrF2N. The molecule has 2 aromatic rings. The van der Waals surface area contributed by atoms with Crippen LogP contribution in [0.5, 0.6) is 0 Å². The van der Waals surface area contributed by atoms with Gasteiger partial charge in [-0.25, -0.2) is 8.78 Å². The van der Waals surface area contributed by atoms with Crippen molar-refractivity contribution in [1.29, 1.82) is 0 Å². The summed E-state index contributed by atoms with van der Waals surface area (Å²) in [6.45, 7) is 6.61. The van der Waals surface area contributed by atoms with Crippen LogP contribution in [-0.4, -0.2) is 6.54 Å². The molecule has 1 nitrogen and oxygen atoms in total. The van der Waals surface area contributed by atoms with E-state index in [1.807, 2.05) is 39.0 Å². The Balaban J connectivity index is 2.55. The van der Waals surface area contributed by atoms with Crippen molar-refractivity contribution in [2.45, 2.75) is 26.8 Å². The molecule has 0 radical (unpaired) electrons. The van der Waals surface area contributed by atoms with Crippen LogP contribution in [0, 0.1) is 25.5 Å². The molecule has 0 heterocycles. The van der Waals surface area contributed by atoms with Crippen LogP contribution in [-0.2, 0) is 0 Å². The second-order valence-corrected chi connectivity index (χ2v) is 5.99. The Morgan fingerprint density at radius 2 is 1.76 bits per heavy atom. The van der Waals surface area contributed by atoms with Crippen LogP contribution >= 0.6 is 15.9 Å². The summed E-state index contributed by atoms with van der Waals surface area (Å²) in [6, 6.07) is 8.08. The zero-order valence-corrected chi connectivity index (χ0v) is 13.9. The molecule has 1 atom stereocenters. The van der Waals surface area contributed by atoms with Crippen LogP contribution in [0.25, 0.3) is 0 Å². The van der Waals surface area contributed by atoms with Crippen molar-refractivity contribution >= 4 is 15.9 Å². The van der Waals surface area contributed by atoms with Crippen molar-refractivity contribution in [2.75, 3.05) is 6.54 Å². The molecule has 0 bridgehead atoms. The second kappa shape index (κ2) is 6.67. The van der Waals surface area contributed by atoms with Gasteiger partial charge in [0.05, 0.1) is 10.5 Å². The third-order valence-electron chi connectivity index (χ3n) is 3.50. The highest BCUT2D eigenvalue weighted by atomic mass is 79.9. The van der Waals surface area contributed by atoms with Gasteiger partial charge in [-0.3, -0.25) is 0 Å². The summed E-state index contributed by atoms with van der Waals surface area (Å²) in [5.74, 6) is -0.881. The van der Waals surface area contributed by atoms with Crippen LogP contribution in [0.3, 0.4) is 0 Å². The summed E-state index contributed by atoms with van der Waals surface area (Å²) < 4.78 is 28.2. The van der Waals surface area contributed by atoms with Crippen LogP contribution in [0.2, 0.25) is 0 Å². The van der Waals surface area contributed by atoms with Gasteiger partial charge in [0.25, 0.3) is 0 Å². The number of rotatable bonds is 4. The molecule has 4 heteroatoms. The normalized spacial score (nSPS) is 12.5. The average Bonchev–Trinajstić information content (AvgIpc) is 2.41. The van der Waals surface area contributed by atoms with E-state index in [-0.39, 0.29) is 10.5 Å². The molecule has 0 aromatic heterocycles. The Morgan fingerprint density at radius 1 is 1.05 bits per heavy atom. The molecular weight excluding hydrogens is 336 g/mol. The Labute approximate surface area is 132 Å². The SMILES string of the molecule is CCNC(c1ccc(C)cc1C)c1cc(F)c(Br)cc1F. The Kier molecular flexibility index (Phi) is 5.12. The molecule has 0 aliphatic heterocycles. The van der Waals surface area contributed by atoms with Gasteiger partial charge in [-0.15, -0.1) is 0 Å². The van der Waals surface area contributed by atoms with Crippen LogP contribution in [0.15, 0.2) is 34.8 Å². The highest BCUT2D eigenvalue weighted by Crippen LogP contribution is 2.30. The molecule has 0 aliphatic rings. The van der Waals surface area contributed by atoms with Crippen LogP contribution < -0.4 is 5.32 Å². The maximum atomic E-state index is 14.3. The Bertz CT molecular complexity index is 655. The number of hydrogen-bond acceptors (Lipinski definition) is 1. The quantitative estimate of drug-likeness (QED) is 0.759. The molecule has 1 N–H and O–H groups in total. The number of nitrogens with one attached hydrogen (secondary N) is 1. The largest absolute Gasteiger partial charge is 0.306 e. The average molecular weight is 354 g/mol. The zero-order chi connectivity index (χ0) is 15.6. The summed E-state index contributed by atoms with van der Waals surface area (Å²) >= 11 is 3.01. The van der Waals surface area contributed by atoms with Crippen molar-refractivity contribution in [3.8, 4) is 0 Å². The van der Waals surface area contributed by atoms with Crippen LogP contribution in [0.4, 0.5) is 8.78 Å². The van der Waals surface area contributed by atoms with E-state index < -0.39 is 11.6 Å². The summed E-state index contributed by atoms with van der Waals surface area (Å²) in [5, 5.41) is 3.24. The van der Waals surface area contributed by atoms with E-state index in [1.54, 1.807) is 0 Å². The van der Waals surface area contributed by atoms with Gasteiger partial charge in [0, 0.05) is 5.56 Å². The number of benzene rings is 2. The van der Waals surface area contributed by atoms with Crippen molar-refractivity contribution in [3.63, 3.8) is 0 Å². The van der Waals surface area contributed by atoms with Gasteiger partial charge in [-0.05, 0) is 59.6 Å². The lowest BCUT2D eigenvalue weighted by molar-refractivity contribution is 0.541. The van der Waals surface area contributed by atoms with E-state index in [9.17, 15) is 8.78 Å². The number of halogens is 3. The minimum atomic E-state index is -0.459. The molecule has 0 saturated carbocycles. The third kappa shape index (κ3) is 3.50. The molecule has 0 fully saturated rings. The molecule has 0 amide bonds. The van der Waals surface area contributed by atoms with E-state index in [2.05, 4.69) is 21.2 Å². The summed E-state index contributed by atoms with van der Waals surface area (Å²) in [5.41, 5.74) is 3.49. The van der Waals surface area contributed by atoms with E-state index in [4.69, 9.17) is 0 Å². The third-order valence-corrected chi connectivity index (χ3v) is 4.10. The van der Waals surface area contributed by atoms with Gasteiger partial charge in [-0.2, -0.15) is 0 Å². The van der Waals surface area contributed by atoms with Crippen LogP contribution in [0.1, 0.15) is 35.2 Å². The zero-order valence-electron chi connectivity index (χ0n) is 12.3. The predicted molar refractivity (Wildman–Crippen MR) is 85.5 cm³/mol. The number of hydrogen-bond donors (Lipinski definition) is 1. The predicted octanol–water partition coefficient (Wildman–Crippen LogP) is 5.04. The molecule has 0 spiro atoms. The number of aryl methyl sites for hydroxylation is 2. The fourth-order valence-electron chi connectivity index (χ4n) is 2.50. The monoisotopic (exact) mass is 353 g/mol. The fraction of sp³-hybridized carbons (Fsp3) is 0.294. The first-order chi connectivity index (χ1) is 9.93. The molecule has 1 unspecified atom stereocenters. The Hall–Kier alpha value is -1.26. The van der Waals surface area contributed by atoms with Gasteiger partial charge >= 0.3 is 0 Å². The Morgan fingerprint density at radius 3 is 2.38 bits per heavy atom. The van der Waals surface area contributed by atoms with Crippen molar-refractivity contribution in [2.24, 2.45) is 0 Å². The molecule has 2 rings (SSSR count). The van der Waals surface area contributed by atoms with Crippen molar-refractivity contribution < 1.29 is 8.78 Å². The molecule has 0 saturated heterocycles. The first-order valence-electron chi connectivity index (χ1n) is 6.89. The lowest BCUT2D eigenvalue weighted by Gasteiger charge is -2.22. The molecule has 2 aromatic carbocycles.